The molecule has 2 N–H and O–H groups in total. The molecule has 2 amide bonds. The average Bonchev–Trinajstić information content (AvgIpc) is 2.49. The van der Waals surface area contributed by atoms with Gasteiger partial charge in [0.15, 0.2) is 0 Å². The lowest BCUT2D eigenvalue weighted by atomic mass is 10.3. The summed E-state index contributed by atoms with van der Waals surface area (Å²) in [5, 5.41) is 5.78. The third-order valence-corrected chi connectivity index (χ3v) is 3.27. The van der Waals surface area contributed by atoms with Crippen LogP contribution in [0.3, 0.4) is 0 Å². The number of anilines is 2. The molecule has 0 heterocycles. The van der Waals surface area contributed by atoms with Crippen molar-refractivity contribution in [3.63, 3.8) is 0 Å². The monoisotopic (exact) mass is 338 g/mol. The first kappa shape index (κ1) is 16.1. The van der Waals surface area contributed by atoms with Crippen LogP contribution in [-0.4, -0.2) is 18.9 Å². The Kier molecular flexibility index (Phi) is 5.25. The van der Waals surface area contributed by atoms with Crippen LogP contribution in [-0.2, 0) is 9.59 Å². The molecule has 0 atom stereocenters. The predicted molar refractivity (Wildman–Crippen MR) is 86.7 cm³/mol. The van der Waals surface area contributed by atoms with Crippen molar-refractivity contribution in [3.05, 3.63) is 52.5 Å². The van der Waals surface area contributed by atoms with Crippen LogP contribution in [0.1, 0.15) is 0 Å². The Hall–Kier alpha value is -2.24. The van der Waals surface area contributed by atoms with Crippen LogP contribution >= 0.6 is 23.2 Å². The fraction of sp³-hybridized carbons (Fsp3) is 0.0667. The third kappa shape index (κ3) is 4.13. The number of rotatable bonds is 3. The van der Waals surface area contributed by atoms with E-state index in [0.717, 1.165) is 0 Å². The minimum atomic E-state index is -0.809. The highest BCUT2D eigenvalue weighted by atomic mass is 35.5. The highest BCUT2D eigenvalue weighted by molar-refractivity contribution is 6.43. The molecular formula is C15H12Cl2N2O3. The van der Waals surface area contributed by atoms with Gasteiger partial charge in [0, 0.05) is 16.4 Å². The van der Waals surface area contributed by atoms with Gasteiger partial charge in [0.2, 0.25) is 0 Å². The van der Waals surface area contributed by atoms with E-state index in [-0.39, 0.29) is 0 Å². The third-order valence-electron chi connectivity index (χ3n) is 2.72. The van der Waals surface area contributed by atoms with Gasteiger partial charge in [0.1, 0.15) is 5.75 Å². The Morgan fingerprint density at radius 3 is 2.00 bits per heavy atom. The summed E-state index contributed by atoms with van der Waals surface area (Å²) >= 11 is 11.7. The average molecular weight is 339 g/mol. The number of nitrogens with one attached hydrogen (secondary N) is 2. The quantitative estimate of drug-likeness (QED) is 0.840. The number of benzene rings is 2. The second-order valence-electron chi connectivity index (χ2n) is 4.26. The number of halogens is 2. The molecule has 0 unspecified atom stereocenters. The Balaban J connectivity index is 2.00. The van der Waals surface area contributed by atoms with E-state index in [1.165, 1.54) is 13.2 Å². The molecule has 0 aromatic heterocycles. The van der Waals surface area contributed by atoms with E-state index < -0.39 is 11.8 Å². The first-order valence-corrected chi connectivity index (χ1v) is 6.96. The van der Waals surface area contributed by atoms with Gasteiger partial charge in [0.05, 0.1) is 12.1 Å². The van der Waals surface area contributed by atoms with Crippen molar-refractivity contribution in [1.29, 1.82) is 0 Å². The van der Waals surface area contributed by atoms with E-state index in [9.17, 15) is 9.59 Å². The molecule has 0 aliphatic rings. The van der Waals surface area contributed by atoms with Crippen molar-refractivity contribution in [3.8, 4) is 5.75 Å². The zero-order chi connectivity index (χ0) is 16.1. The number of ether oxygens (including phenoxy) is 1. The van der Waals surface area contributed by atoms with E-state index in [1.54, 1.807) is 36.4 Å². The lowest BCUT2D eigenvalue weighted by Crippen LogP contribution is -2.29. The van der Waals surface area contributed by atoms with Gasteiger partial charge >= 0.3 is 11.8 Å². The van der Waals surface area contributed by atoms with E-state index in [1.807, 2.05) is 0 Å². The fourth-order valence-electron chi connectivity index (χ4n) is 1.65. The summed E-state index contributed by atoms with van der Waals surface area (Å²) in [4.78, 5) is 23.6. The van der Waals surface area contributed by atoms with Crippen LogP contribution in [0, 0.1) is 0 Å². The summed E-state index contributed by atoms with van der Waals surface area (Å²) < 4.78 is 5.01. The zero-order valence-corrected chi connectivity index (χ0v) is 13.0. The van der Waals surface area contributed by atoms with Gasteiger partial charge in [-0.3, -0.25) is 9.59 Å². The molecule has 0 saturated carbocycles. The summed E-state index contributed by atoms with van der Waals surface area (Å²) in [7, 11) is 1.49. The van der Waals surface area contributed by atoms with Crippen molar-refractivity contribution in [2.45, 2.75) is 0 Å². The molecule has 0 aliphatic carbocycles. The number of amides is 2. The Morgan fingerprint density at radius 2 is 1.45 bits per heavy atom. The Bertz CT molecular complexity index is 702. The van der Waals surface area contributed by atoms with Crippen molar-refractivity contribution in [2.24, 2.45) is 0 Å². The van der Waals surface area contributed by atoms with Crippen LogP contribution in [0.5, 0.6) is 5.75 Å². The summed E-state index contributed by atoms with van der Waals surface area (Å²) in [6.07, 6.45) is 0. The highest BCUT2D eigenvalue weighted by Crippen LogP contribution is 2.27. The Labute approximate surface area is 137 Å². The molecule has 2 aromatic carbocycles. The second kappa shape index (κ2) is 7.15. The summed E-state index contributed by atoms with van der Waals surface area (Å²) in [5.41, 5.74) is 0.861. The predicted octanol–water partition coefficient (Wildman–Crippen LogP) is 3.58. The molecule has 0 bridgehead atoms. The standard InChI is InChI=1S/C15H12Cl2N2O3/c1-22-13-7-6-11(8-12(13)17)19-15(21)14(20)18-10-4-2-9(16)3-5-10/h2-8H,1H3,(H,18,20)(H,19,21). The maximum absolute atomic E-state index is 11.8. The lowest BCUT2D eigenvalue weighted by molar-refractivity contribution is -0.132. The van der Waals surface area contributed by atoms with Gasteiger partial charge in [-0.2, -0.15) is 0 Å². The molecular weight excluding hydrogens is 327 g/mol. The summed E-state index contributed by atoms with van der Waals surface area (Å²) in [6, 6.07) is 11.1. The van der Waals surface area contributed by atoms with Crippen molar-refractivity contribution < 1.29 is 14.3 Å². The Morgan fingerprint density at radius 1 is 0.909 bits per heavy atom. The molecule has 2 aromatic rings. The van der Waals surface area contributed by atoms with E-state index in [2.05, 4.69) is 10.6 Å². The molecule has 0 saturated heterocycles. The first-order valence-electron chi connectivity index (χ1n) is 6.21. The van der Waals surface area contributed by atoms with Crippen LogP contribution in [0.25, 0.3) is 0 Å². The molecule has 0 radical (unpaired) electrons. The number of hydrogen-bond acceptors (Lipinski definition) is 3. The van der Waals surface area contributed by atoms with Gasteiger partial charge in [-0.25, -0.2) is 0 Å². The largest absolute Gasteiger partial charge is 0.495 e. The van der Waals surface area contributed by atoms with Crippen molar-refractivity contribution in [2.75, 3.05) is 17.7 Å². The minimum Gasteiger partial charge on any atom is -0.495 e. The molecule has 2 rings (SSSR count). The van der Waals surface area contributed by atoms with E-state index in [4.69, 9.17) is 27.9 Å². The number of hydrogen-bond donors (Lipinski definition) is 2. The molecule has 0 spiro atoms. The molecule has 114 valence electrons. The lowest BCUT2D eigenvalue weighted by Gasteiger charge is -2.08. The topological polar surface area (TPSA) is 67.4 Å². The molecule has 5 nitrogen and oxygen atoms in total. The molecule has 0 aliphatic heterocycles. The zero-order valence-electron chi connectivity index (χ0n) is 11.5. The highest BCUT2D eigenvalue weighted by Gasteiger charge is 2.14. The summed E-state index contributed by atoms with van der Waals surface area (Å²) in [5.74, 6) is -1.13. The number of methoxy groups -OCH3 is 1. The maximum Gasteiger partial charge on any atom is 0.314 e. The SMILES string of the molecule is COc1ccc(NC(=O)C(=O)Nc2ccc(Cl)cc2)cc1Cl. The van der Waals surface area contributed by atoms with Crippen LogP contribution in [0.15, 0.2) is 42.5 Å². The molecule has 22 heavy (non-hydrogen) atoms. The molecule has 7 heteroatoms. The van der Waals surface area contributed by atoms with E-state index in [0.29, 0.717) is 27.2 Å². The van der Waals surface area contributed by atoms with Gasteiger partial charge in [-0.1, -0.05) is 23.2 Å². The minimum absolute atomic E-state index is 0.332. The van der Waals surface area contributed by atoms with Crippen LogP contribution in [0.4, 0.5) is 11.4 Å². The van der Waals surface area contributed by atoms with Crippen LogP contribution in [0.2, 0.25) is 10.0 Å². The van der Waals surface area contributed by atoms with Crippen molar-refractivity contribution in [1.82, 2.24) is 0 Å². The molecule has 0 fully saturated rings. The van der Waals surface area contributed by atoms with Gasteiger partial charge in [-0.05, 0) is 42.5 Å². The fourth-order valence-corrected chi connectivity index (χ4v) is 2.04. The second-order valence-corrected chi connectivity index (χ2v) is 5.11. The van der Waals surface area contributed by atoms with Crippen molar-refractivity contribution >= 4 is 46.4 Å². The summed E-state index contributed by atoms with van der Waals surface area (Å²) in [6.45, 7) is 0. The van der Waals surface area contributed by atoms with Gasteiger partial charge in [-0.15, -0.1) is 0 Å². The van der Waals surface area contributed by atoms with E-state index >= 15 is 0 Å². The van der Waals surface area contributed by atoms with Gasteiger partial charge < -0.3 is 15.4 Å². The number of carbonyl (C=O) groups is 2. The normalized spacial score (nSPS) is 9.95. The smallest absolute Gasteiger partial charge is 0.314 e. The first-order chi connectivity index (χ1) is 10.5. The maximum atomic E-state index is 11.8. The number of carbonyl (C=O) groups excluding carboxylic acids is 2. The van der Waals surface area contributed by atoms with Gasteiger partial charge in [0.25, 0.3) is 0 Å². The van der Waals surface area contributed by atoms with Crippen LogP contribution < -0.4 is 15.4 Å².